The van der Waals surface area contributed by atoms with Crippen molar-refractivity contribution in [3.63, 3.8) is 0 Å². The van der Waals surface area contributed by atoms with Gasteiger partial charge in [0.2, 0.25) is 0 Å². The van der Waals surface area contributed by atoms with Gasteiger partial charge in [-0.3, -0.25) is 19.8 Å². The Hall–Kier alpha value is -2.66. The Labute approximate surface area is 116 Å². The van der Waals surface area contributed by atoms with Crippen molar-refractivity contribution >= 4 is 17.4 Å². The molecule has 1 amide bonds. The summed E-state index contributed by atoms with van der Waals surface area (Å²) in [7, 11) is 3.79. The number of hydrogen-bond acceptors (Lipinski definition) is 6. The van der Waals surface area contributed by atoms with Crippen molar-refractivity contribution in [3.8, 4) is 11.8 Å². The van der Waals surface area contributed by atoms with Crippen LogP contribution in [0.5, 0.6) is 0 Å². The molecule has 0 atom stereocenters. The van der Waals surface area contributed by atoms with E-state index in [1.807, 2.05) is 19.0 Å². The number of pyridine rings is 1. The molecule has 1 aromatic rings. The molecule has 0 unspecified atom stereocenters. The number of rotatable bonds is 5. The molecule has 0 saturated carbocycles. The van der Waals surface area contributed by atoms with Crippen molar-refractivity contribution in [2.24, 2.45) is 5.73 Å². The molecule has 1 heterocycles. The van der Waals surface area contributed by atoms with E-state index in [9.17, 15) is 14.9 Å². The monoisotopic (exact) mass is 277 g/mol. The summed E-state index contributed by atoms with van der Waals surface area (Å²) in [4.78, 5) is 27.0. The van der Waals surface area contributed by atoms with Crippen LogP contribution in [-0.4, -0.2) is 47.9 Å². The Kier molecular flexibility index (Phi) is 5.43. The summed E-state index contributed by atoms with van der Waals surface area (Å²) in [6, 6.07) is 1.09. The number of nitrogens with zero attached hydrogens (tertiary/aromatic N) is 3. The van der Waals surface area contributed by atoms with Gasteiger partial charge >= 0.3 is 0 Å². The lowest BCUT2D eigenvalue weighted by Gasteiger charge is -2.06. The molecule has 0 aliphatic carbocycles. The van der Waals surface area contributed by atoms with Gasteiger partial charge in [0, 0.05) is 6.07 Å². The highest BCUT2D eigenvalue weighted by Crippen LogP contribution is 2.18. The second-order valence-electron chi connectivity index (χ2n) is 4.16. The summed E-state index contributed by atoms with van der Waals surface area (Å²) in [5, 5.41) is 13.4. The predicted molar refractivity (Wildman–Crippen MR) is 74.2 cm³/mol. The standard InChI is InChI=1S/C12H15N5O3/c1-16(2)6-4-3-5-14-12-10(11(13)18)7-9(8-15-12)17(19)20/h7-8H,5-6H2,1-2H3,(H2,13,18)(H,14,15). The normalized spacial score (nSPS) is 9.75. The molecule has 0 aromatic carbocycles. The van der Waals surface area contributed by atoms with Crippen LogP contribution in [0.1, 0.15) is 10.4 Å². The second-order valence-corrected chi connectivity index (χ2v) is 4.16. The zero-order valence-corrected chi connectivity index (χ0v) is 11.2. The van der Waals surface area contributed by atoms with E-state index in [4.69, 9.17) is 5.73 Å². The van der Waals surface area contributed by atoms with Crippen LogP contribution >= 0.6 is 0 Å². The molecule has 0 fully saturated rings. The average molecular weight is 277 g/mol. The van der Waals surface area contributed by atoms with Gasteiger partial charge in [-0.05, 0) is 14.1 Å². The van der Waals surface area contributed by atoms with Gasteiger partial charge < -0.3 is 11.1 Å². The first-order valence-corrected chi connectivity index (χ1v) is 5.70. The fourth-order valence-electron chi connectivity index (χ4n) is 1.29. The summed E-state index contributed by atoms with van der Waals surface area (Å²) in [6.07, 6.45) is 1.06. The van der Waals surface area contributed by atoms with Crippen molar-refractivity contribution in [3.05, 3.63) is 27.9 Å². The summed E-state index contributed by atoms with van der Waals surface area (Å²) < 4.78 is 0. The predicted octanol–water partition coefficient (Wildman–Crippen LogP) is 0.0656. The average Bonchev–Trinajstić information content (AvgIpc) is 2.37. The van der Waals surface area contributed by atoms with Crippen molar-refractivity contribution < 1.29 is 9.72 Å². The van der Waals surface area contributed by atoms with E-state index < -0.39 is 10.8 Å². The summed E-state index contributed by atoms with van der Waals surface area (Å²) >= 11 is 0. The summed E-state index contributed by atoms with van der Waals surface area (Å²) in [5.41, 5.74) is 4.85. The highest BCUT2D eigenvalue weighted by molar-refractivity contribution is 5.98. The highest BCUT2D eigenvalue weighted by Gasteiger charge is 2.15. The van der Waals surface area contributed by atoms with Crippen molar-refractivity contribution in [1.29, 1.82) is 0 Å². The van der Waals surface area contributed by atoms with Crippen LogP contribution in [0.25, 0.3) is 0 Å². The minimum Gasteiger partial charge on any atom is -0.365 e. The maximum atomic E-state index is 11.3. The second kappa shape index (κ2) is 7.06. The molecule has 1 aromatic heterocycles. The van der Waals surface area contributed by atoms with Gasteiger partial charge in [0.1, 0.15) is 12.0 Å². The molecule has 0 aliphatic heterocycles. The van der Waals surface area contributed by atoms with Crippen LogP contribution in [0, 0.1) is 22.0 Å². The van der Waals surface area contributed by atoms with E-state index in [-0.39, 0.29) is 23.6 Å². The fourth-order valence-corrected chi connectivity index (χ4v) is 1.29. The van der Waals surface area contributed by atoms with Crippen LogP contribution in [0.4, 0.5) is 11.5 Å². The molecule has 0 spiro atoms. The minimum absolute atomic E-state index is 0.0337. The van der Waals surface area contributed by atoms with Crippen LogP contribution in [-0.2, 0) is 0 Å². The molecule has 3 N–H and O–H groups in total. The summed E-state index contributed by atoms with van der Waals surface area (Å²) in [5.74, 6) is 5.13. The van der Waals surface area contributed by atoms with Crippen LogP contribution in [0.3, 0.4) is 0 Å². The van der Waals surface area contributed by atoms with E-state index in [1.165, 1.54) is 0 Å². The number of primary amides is 1. The maximum Gasteiger partial charge on any atom is 0.288 e. The Morgan fingerprint density at radius 3 is 2.80 bits per heavy atom. The number of nitrogens with two attached hydrogens (primary N) is 1. The van der Waals surface area contributed by atoms with Gasteiger partial charge in [0.25, 0.3) is 11.6 Å². The van der Waals surface area contributed by atoms with E-state index in [1.54, 1.807) is 0 Å². The number of anilines is 1. The van der Waals surface area contributed by atoms with Crippen molar-refractivity contribution in [2.45, 2.75) is 0 Å². The molecule has 1 rings (SSSR count). The molecule has 8 nitrogen and oxygen atoms in total. The van der Waals surface area contributed by atoms with Crippen LogP contribution in [0.2, 0.25) is 0 Å². The number of aromatic nitrogens is 1. The van der Waals surface area contributed by atoms with Gasteiger partial charge in [0.05, 0.1) is 23.6 Å². The minimum atomic E-state index is -0.787. The number of nitro groups is 1. The molecular formula is C12H15N5O3. The first-order chi connectivity index (χ1) is 9.41. The molecule has 0 aliphatic rings. The molecule has 0 radical (unpaired) electrons. The zero-order valence-electron chi connectivity index (χ0n) is 11.2. The molecular weight excluding hydrogens is 262 g/mol. The van der Waals surface area contributed by atoms with Crippen molar-refractivity contribution in [1.82, 2.24) is 9.88 Å². The Morgan fingerprint density at radius 2 is 2.25 bits per heavy atom. The lowest BCUT2D eigenvalue weighted by Crippen LogP contribution is -2.16. The Balaban J connectivity index is 2.81. The SMILES string of the molecule is CN(C)CC#CCNc1ncc([N+](=O)[O-])cc1C(N)=O. The molecule has 20 heavy (non-hydrogen) atoms. The van der Waals surface area contributed by atoms with Gasteiger partial charge in [-0.1, -0.05) is 11.8 Å². The van der Waals surface area contributed by atoms with E-state index in [0.717, 1.165) is 12.3 Å². The molecule has 0 saturated heterocycles. The van der Waals surface area contributed by atoms with Gasteiger partial charge in [0.15, 0.2) is 0 Å². The lowest BCUT2D eigenvalue weighted by molar-refractivity contribution is -0.385. The lowest BCUT2D eigenvalue weighted by atomic mass is 10.2. The van der Waals surface area contributed by atoms with Gasteiger partial charge in [-0.15, -0.1) is 0 Å². The van der Waals surface area contributed by atoms with Gasteiger partial charge in [-0.25, -0.2) is 4.98 Å². The number of carbonyl (C=O) groups is 1. The largest absolute Gasteiger partial charge is 0.365 e. The van der Waals surface area contributed by atoms with Gasteiger partial charge in [-0.2, -0.15) is 0 Å². The van der Waals surface area contributed by atoms with Crippen LogP contribution in [0.15, 0.2) is 12.3 Å². The van der Waals surface area contributed by atoms with Crippen LogP contribution < -0.4 is 11.1 Å². The third kappa shape index (κ3) is 4.55. The maximum absolute atomic E-state index is 11.3. The number of amides is 1. The third-order valence-electron chi connectivity index (χ3n) is 2.21. The molecule has 8 heteroatoms. The number of hydrogen-bond donors (Lipinski definition) is 2. The van der Waals surface area contributed by atoms with E-state index in [2.05, 4.69) is 22.1 Å². The van der Waals surface area contributed by atoms with E-state index in [0.29, 0.717) is 6.54 Å². The molecule has 0 bridgehead atoms. The summed E-state index contributed by atoms with van der Waals surface area (Å²) in [6.45, 7) is 0.872. The zero-order chi connectivity index (χ0) is 15.1. The van der Waals surface area contributed by atoms with E-state index >= 15 is 0 Å². The van der Waals surface area contributed by atoms with Crippen molar-refractivity contribution in [2.75, 3.05) is 32.5 Å². The fraction of sp³-hybridized carbons (Fsp3) is 0.333. The number of carbonyl (C=O) groups excluding carboxylic acids is 1. The topological polar surface area (TPSA) is 114 Å². The Morgan fingerprint density at radius 1 is 1.55 bits per heavy atom. The first kappa shape index (κ1) is 15.4. The first-order valence-electron chi connectivity index (χ1n) is 5.70. The molecule has 106 valence electrons. The highest BCUT2D eigenvalue weighted by atomic mass is 16.6. The Bertz CT molecular complexity index is 574. The smallest absolute Gasteiger partial charge is 0.288 e. The number of nitrogens with one attached hydrogen (secondary N) is 1. The quantitative estimate of drug-likeness (QED) is 0.447. The third-order valence-corrected chi connectivity index (χ3v) is 2.21.